The molecule has 2 aromatic carbocycles. The highest BCUT2D eigenvalue weighted by molar-refractivity contribution is 6.42. The summed E-state index contributed by atoms with van der Waals surface area (Å²) < 4.78 is 24.1. The number of esters is 1. The van der Waals surface area contributed by atoms with Crippen LogP contribution in [0.3, 0.4) is 0 Å². The molecule has 2 amide bonds. The quantitative estimate of drug-likeness (QED) is 0.643. The number of carbonyl (C=O) groups is 2. The molecule has 1 heterocycles. The Morgan fingerprint density at radius 1 is 1.20 bits per heavy atom. The van der Waals surface area contributed by atoms with Crippen LogP contribution in [-0.4, -0.2) is 37.2 Å². The molecule has 0 saturated carbocycles. The Morgan fingerprint density at radius 3 is 2.57 bits per heavy atom. The lowest BCUT2D eigenvalue weighted by Crippen LogP contribution is -2.48. The van der Waals surface area contributed by atoms with Crippen LogP contribution in [0.25, 0.3) is 0 Å². The van der Waals surface area contributed by atoms with Crippen LogP contribution in [-0.2, 0) is 9.53 Å². The normalized spacial score (nSPS) is 16.4. The van der Waals surface area contributed by atoms with E-state index >= 15 is 0 Å². The maximum absolute atomic E-state index is 13.1. The molecule has 3 rings (SSSR count). The molecule has 1 aliphatic heterocycles. The lowest BCUT2D eigenvalue weighted by Gasteiger charge is -2.34. The third-order valence-corrected chi connectivity index (χ3v) is 5.39. The van der Waals surface area contributed by atoms with E-state index in [-0.39, 0.29) is 28.8 Å². The average molecular weight is 453 g/mol. The van der Waals surface area contributed by atoms with Gasteiger partial charge in [-0.3, -0.25) is 4.90 Å². The van der Waals surface area contributed by atoms with Gasteiger partial charge in [0.15, 0.2) is 0 Å². The maximum atomic E-state index is 13.1. The predicted molar refractivity (Wildman–Crippen MR) is 111 cm³/mol. The first-order chi connectivity index (χ1) is 14.3. The van der Waals surface area contributed by atoms with Gasteiger partial charge in [-0.25, -0.2) is 14.0 Å². The molecule has 0 radical (unpaired) electrons. The maximum Gasteiger partial charge on any atom is 0.338 e. The van der Waals surface area contributed by atoms with Gasteiger partial charge in [0.2, 0.25) is 0 Å². The van der Waals surface area contributed by atoms with E-state index in [0.717, 1.165) is 0 Å². The van der Waals surface area contributed by atoms with Gasteiger partial charge in [-0.2, -0.15) is 0 Å². The highest BCUT2D eigenvalue weighted by Crippen LogP contribution is 2.37. The molecule has 0 unspecified atom stereocenters. The largest absolute Gasteiger partial charge is 0.487 e. The van der Waals surface area contributed by atoms with Crippen LogP contribution < -0.4 is 10.1 Å². The fourth-order valence-electron chi connectivity index (χ4n) is 3.04. The van der Waals surface area contributed by atoms with E-state index in [1.165, 1.54) is 36.2 Å². The topological polar surface area (TPSA) is 67.9 Å². The van der Waals surface area contributed by atoms with Crippen LogP contribution in [0.4, 0.5) is 9.18 Å². The molecule has 1 aliphatic rings. The first-order valence-corrected chi connectivity index (χ1v) is 9.85. The van der Waals surface area contributed by atoms with Crippen LogP contribution in [0.2, 0.25) is 10.0 Å². The number of benzene rings is 2. The molecule has 0 aliphatic carbocycles. The third-order valence-electron chi connectivity index (χ3n) is 4.55. The number of likely N-dealkylation sites (N-methyl/N-ethyl adjacent to an activating group) is 1. The number of amides is 2. The van der Waals surface area contributed by atoms with Gasteiger partial charge in [-0.15, -0.1) is 0 Å². The van der Waals surface area contributed by atoms with Crippen molar-refractivity contribution in [3.8, 4) is 5.75 Å². The predicted octanol–water partition coefficient (Wildman–Crippen LogP) is 4.72. The SMILES string of the molecule is CCOC(=O)C1=C(COc2ccc(F)cc2)N(C)C(=O)N[C@H]1c1cccc(Cl)c1Cl. The van der Waals surface area contributed by atoms with Gasteiger partial charge in [0, 0.05) is 7.05 Å². The highest BCUT2D eigenvalue weighted by atomic mass is 35.5. The Hall–Kier alpha value is -2.77. The van der Waals surface area contributed by atoms with Crippen molar-refractivity contribution in [1.29, 1.82) is 0 Å². The zero-order valence-electron chi connectivity index (χ0n) is 16.2. The van der Waals surface area contributed by atoms with Crippen molar-refractivity contribution in [2.24, 2.45) is 0 Å². The van der Waals surface area contributed by atoms with E-state index in [1.807, 2.05) is 0 Å². The molecule has 0 saturated heterocycles. The molecular weight excluding hydrogens is 434 g/mol. The smallest absolute Gasteiger partial charge is 0.338 e. The fraction of sp³-hybridized carbons (Fsp3) is 0.238. The fourth-order valence-corrected chi connectivity index (χ4v) is 3.46. The van der Waals surface area contributed by atoms with E-state index in [9.17, 15) is 14.0 Å². The summed E-state index contributed by atoms with van der Waals surface area (Å²) in [5, 5.41) is 3.26. The molecule has 1 atom stereocenters. The molecule has 30 heavy (non-hydrogen) atoms. The van der Waals surface area contributed by atoms with Gasteiger partial charge < -0.3 is 14.8 Å². The van der Waals surface area contributed by atoms with Crippen molar-refractivity contribution < 1.29 is 23.5 Å². The first kappa shape index (κ1) is 21.9. The van der Waals surface area contributed by atoms with E-state index in [4.69, 9.17) is 32.7 Å². The van der Waals surface area contributed by atoms with Crippen molar-refractivity contribution >= 4 is 35.2 Å². The Bertz CT molecular complexity index is 995. The molecule has 0 spiro atoms. The van der Waals surface area contributed by atoms with Crippen molar-refractivity contribution in [1.82, 2.24) is 10.2 Å². The summed E-state index contributed by atoms with van der Waals surface area (Å²) in [7, 11) is 1.51. The molecule has 158 valence electrons. The number of rotatable bonds is 6. The van der Waals surface area contributed by atoms with Crippen molar-refractivity contribution in [3.63, 3.8) is 0 Å². The second-order valence-corrected chi connectivity index (χ2v) is 7.19. The molecule has 0 bridgehead atoms. The number of carbonyl (C=O) groups excluding carboxylic acids is 2. The van der Waals surface area contributed by atoms with Crippen molar-refractivity contribution in [2.75, 3.05) is 20.3 Å². The Balaban J connectivity index is 2.07. The number of hydrogen-bond acceptors (Lipinski definition) is 4. The minimum Gasteiger partial charge on any atom is -0.487 e. The minimum atomic E-state index is -0.884. The third kappa shape index (κ3) is 4.52. The highest BCUT2D eigenvalue weighted by Gasteiger charge is 2.38. The monoisotopic (exact) mass is 452 g/mol. The van der Waals surface area contributed by atoms with Gasteiger partial charge >= 0.3 is 12.0 Å². The van der Waals surface area contributed by atoms with E-state index < -0.39 is 23.9 Å². The average Bonchev–Trinajstić information content (AvgIpc) is 2.72. The summed E-state index contributed by atoms with van der Waals surface area (Å²) in [5.41, 5.74) is 0.917. The number of nitrogens with one attached hydrogen (secondary N) is 1. The number of halogens is 3. The Labute approximate surface area is 183 Å². The minimum absolute atomic E-state index is 0.127. The number of hydrogen-bond donors (Lipinski definition) is 1. The summed E-state index contributed by atoms with van der Waals surface area (Å²) in [6.07, 6.45) is 0. The zero-order chi connectivity index (χ0) is 21.8. The van der Waals surface area contributed by atoms with Gasteiger partial charge in [-0.05, 0) is 42.8 Å². The number of nitrogens with zero attached hydrogens (tertiary/aromatic N) is 1. The van der Waals surface area contributed by atoms with Crippen LogP contribution in [0.5, 0.6) is 5.75 Å². The van der Waals surface area contributed by atoms with Gasteiger partial charge in [0.1, 0.15) is 18.2 Å². The van der Waals surface area contributed by atoms with Crippen LogP contribution in [0.1, 0.15) is 18.5 Å². The van der Waals surface area contributed by atoms with E-state index in [0.29, 0.717) is 17.0 Å². The molecule has 0 fully saturated rings. The molecule has 1 N–H and O–H groups in total. The van der Waals surface area contributed by atoms with E-state index in [2.05, 4.69) is 5.32 Å². The second kappa shape index (κ2) is 9.36. The molecule has 9 heteroatoms. The first-order valence-electron chi connectivity index (χ1n) is 9.10. The lowest BCUT2D eigenvalue weighted by atomic mass is 9.94. The Kier molecular flexibility index (Phi) is 6.84. The second-order valence-electron chi connectivity index (χ2n) is 6.41. The summed E-state index contributed by atoms with van der Waals surface area (Å²) in [6, 6.07) is 9.02. The van der Waals surface area contributed by atoms with Gasteiger partial charge in [0.05, 0.1) is 34.0 Å². The summed E-state index contributed by atoms with van der Waals surface area (Å²) in [5.74, 6) is -0.648. The number of ether oxygens (including phenoxy) is 2. The molecule has 6 nitrogen and oxygen atoms in total. The van der Waals surface area contributed by atoms with Gasteiger partial charge in [0.25, 0.3) is 0 Å². The summed E-state index contributed by atoms with van der Waals surface area (Å²) >= 11 is 12.5. The standard InChI is InChI=1S/C21H19Cl2FN2O4/c1-3-29-20(27)17-16(11-30-13-9-7-12(24)8-10-13)26(2)21(28)25-19(17)14-5-4-6-15(22)18(14)23/h4-10,19H,3,11H2,1-2H3,(H,25,28)/t19-/m0/s1. The van der Waals surface area contributed by atoms with Crippen LogP contribution >= 0.6 is 23.2 Å². The van der Waals surface area contributed by atoms with Crippen LogP contribution in [0, 0.1) is 5.82 Å². The van der Waals surface area contributed by atoms with E-state index in [1.54, 1.807) is 25.1 Å². The zero-order valence-corrected chi connectivity index (χ0v) is 17.8. The van der Waals surface area contributed by atoms with Crippen molar-refractivity contribution in [2.45, 2.75) is 13.0 Å². The van der Waals surface area contributed by atoms with Crippen LogP contribution in [0.15, 0.2) is 53.7 Å². The molecule has 2 aromatic rings. The summed E-state index contributed by atoms with van der Waals surface area (Å²) in [6.45, 7) is 1.69. The molecule has 0 aromatic heterocycles. The lowest BCUT2D eigenvalue weighted by molar-refractivity contribution is -0.139. The van der Waals surface area contributed by atoms with Crippen molar-refractivity contribution in [3.05, 3.63) is 75.2 Å². The van der Waals surface area contributed by atoms with Gasteiger partial charge in [-0.1, -0.05) is 35.3 Å². The molecular formula is C21H19Cl2FN2O4. The Morgan fingerprint density at radius 2 is 1.90 bits per heavy atom. The summed E-state index contributed by atoms with van der Waals surface area (Å²) in [4.78, 5) is 26.7. The number of urea groups is 1.